The number of rotatable bonds is 3. The molecule has 2 aromatic heterocycles. The van der Waals surface area contributed by atoms with Crippen molar-refractivity contribution in [3.63, 3.8) is 0 Å². The largest absolute Gasteiger partial charge is 0.321 e. The Morgan fingerprint density at radius 1 is 1.64 bits per heavy atom. The first-order chi connectivity index (χ1) is 6.81. The van der Waals surface area contributed by atoms with Gasteiger partial charge in [0.1, 0.15) is 5.82 Å². The molecule has 5 heteroatoms. The molecule has 0 amide bonds. The molecule has 4 nitrogen and oxygen atoms in total. The summed E-state index contributed by atoms with van der Waals surface area (Å²) in [6.45, 7) is 2.03. The molecule has 2 aromatic rings. The van der Waals surface area contributed by atoms with E-state index in [-0.39, 0.29) is 6.04 Å². The van der Waals surface area contributed by atoms with Gasteiger partial charge in [0.25, 0.3) is 0 Å². The standard InChI is InChI=1S/C9H12N4S/c1-2-6(10)8-11-9(13-12-8)7-4-3-5-14-7/h3-6H,2,10H2,1H3,(H,11,12,13)/t6-/m0/s1. The summed E-state index contributed by atoms with van der Waals surface area (Å²) in [6.07, 6.45) is 0.860. The Hall–Kier alpha value is -1.20. The molecule has 0 spiro atoms. The quantitative estimate of drug-likeness (QED) is 0.810. The molecule has 0 saturated carbocycles. The Morgan fingerprint density at radius 2 is 2.50 bits per heavy atom. The molecule has 0 saturated heterocycles. The fraction of sp³-hybridized carbons (Fsp3) is 0.333. The molecule has 3 N–H and O–H groups in total. The molecule has 0 aliphatic carbocycles. The van der Waals surface area contributed by atoms with Crippen LogP contribution in [-0.4, -0.2) is 15.2 Å². The molecular weight excluding hydrogens is 196 g/mol. The van der Waals surface area contributed by atoms with Gasteiger partial charge in [0.2, 0.25) is 0 Å². The molecule has 74 valence electrons. The lowest BCUT2D eigenvalue weighted by Crippen LogP contribution is -2.10. The summed E-state index contributed by atoms with van der Waals surface area (Å²) in [5.74, 6) is 1.50. The molecule has 0 aliphatic heterocycles. The van der Waals surface area contributed by atoms with Gasteiger partial charge in [0.15, 0.2) is 5.82 Å². The highest BCUT2D eigenvalue weighted by molar-refractivity contribution is 7.13. The van der Waals surface area contributed by atoms with Crippen molar-refractivity contribution < 1.29 is 0 Å². The average Bonchev–Trinajstić information content (AvgIpc) is 2.86. The lowest BCUT2D eigenvalue weighted by atomic mass is 10.2. The van der Waals surface area contributed by atoms with Crippen LogP contribution in [0.5, 0.6) is 0 Å². The molecular formula is C9H12N4S. The van der Waals surface area contributed by atoms with Crippen LogP contribution < -0.4 is 5.73 Å². The smallest absolute Gasteiger partial charge is 0.191 e. The Kier molecular flexibility index (Phi) is 2.60. The fourth-order valence-electron chi connectivity index (χ4n) is 1.15. The molecule has 0 fully saturated rings. The van der Waals surface area contributed by atoms with Crippen molar-refractivity contribution in [2.45, 2.75) is 19.4 Å². The Bertz CT molecular complexity index is 393. The van der Waals surface area contributed by atoms with Crippen LogP contribution >= 0.6 is 11.3 Å². The van der Waals surface area contributed by atoms with Gasteiger partial charge < -0.3 is 5.73 Å². The van der Waals surface area contributed by atoms with Gasteiger partial charge in [0, 0.05) is 0 Å². The number of aromatic nitrogens is 3. The highest BCUT2D eigenvalue weighted by Gasteiger charge is 2.10. The summed E-state index contributed by atoms with van der Waals surface area (Å²) in [4.78, 5) is 5.41. The lowest BCUT2D eigenvalue weighted by molar-refractivity contribution is 0.652. The monoisotopic (exact) mass is 208 g/mol. The van der Waals surface area contributed by atoms with Crippen molar-refractivity contribution in [2.75, 3.05) is 0 Å². The van der Waals surface area contributed by atoms with Gasteiger partial charge in [0.05, 0.1) is 10.9 Å². The maximum absolute atomic E-state index is 5.83. The zero-order valence-corrected chi connectivity index (χ0v) is 8.71. The van der Waals surface area contributed by atoms with Crippen molar-refractivity contribution in [3.8, 4) is 10.7 Å². The number of hydrogen-bond acceptors (Lipinski definition) is 4. The summed E-state index contributed by atoms with van der Waals surface area (Å²) in [7, 11) is 0. The summed E-state index contributed by atoms with van der Waals surface area (Å²) in [5, 5.41) is 8.99. The third-order valence-electron chi connectivity index (χ3n) is 2.04. The number of aromatic amines is 1. The predicted octanol–water partition coefficient (Wildman–Crippen LogP) is 1.94. The normalized spacial score (nSPS) is 13.0. The number of nitrogens with zero attached hydrogens (tertiary/aromatic N) is 2. The molecule has 0 radical (unpaired) electrons. The van der Waals surface area contributed by atoms with Crippen LogP contribution in [0.2, 0.25) is 0 Å². The van der Waals surface area contributed by atoms with Gasteiger partial charge in [-0.2, -0.15) is 5.10 Å². The van der Waals surface area contributed by atoms with E-state index in [0.717, 1.165) is 22.9 Å². The van der Waals surface area contributed by atoms with Crippen LogP contribution in [0.4, 0.5) is 0 Å². The van der Waals surface area contributed by atoms with Crippen molar-refractivity contribution >= 4 is 11.3 Å². The van der Waals surface area contributed by atoms with Crippen LogP contribution in [0.25, 0.3) is 10.7 Å². The minimum absolute atomic E-state index is 0.0452. The minimum atomic E-state index is -0.0452. The molecule has 0 bridgehead atoms. The maximum atomic E-state index is 5.83. The van der Waals surface area contributed by atoms with Gasteiger partial charge in [-0.1, -0.05) is 13.0 Å². The van der Waals surface area contributed by atoms with E-state index in [1.54, 1.807) is 11.3 Å². The van der Waals surface area contributed by atoms with Crippen molar-refractivity contribution in [2.24, 2.45) is 5.73 Å². The number of nitrogens with one attached hydrogen (secondary N) is 1. The molecule has 0 aliphatic rings. The zero-order chi connectivity index (χ0) is 9.97. The molecule has 2 heterocycles. The van der Waals surface area contributed by atoms with Crippen LogP contribution in [0.1, 0.15) is 25.2 Å². The Labute approximate surface area is 86.2 Å². The third-order valence-corrected chi connectivity index (χ3v) is 2.90. The van der Waals surface area contributed by atoms with Crippen molar-refractivity contribution in [3.05, 3.63) is 23.3 Å². The van der Waals surface area contributed by atoms with E-state index in [1.165, 1.54) is 0 Å². The fourth-order valence-corrected chi connectivity index (χ4v) is 1.81. The van der Waals surface area contributed by atoms with Crippen LogP contribution in [0.15, 0.2) is 17.5 Å². The van der Waals surface area contributed by atoms with Gasteiger partial charge >= 0.3 is 0 Å². The first kappa shape index (κ1) is 9.36. The van der Waals surface area contributed by atoms with Gasteiger partial charge in [-0.25, -0.2) is 4.98 Å². The second-order valence-corrected chi connectivity index (χ2v) is 3.98. The first-order valence-electron chi connectivity index (χ1n) is 4.53. The average molecular weight is 208 g/mol. The summed E-state index contributed by atoms with van der Waals surface area (Å²) < 4.78 is 0. The van der Waals surface area contributed by atoms with Gasteiger partial charge in [-0.05, 0) is 17.9 Å². The minimum Gasteiger partial charge on any atom is -0.321 e. The second kappa shape index (κ2) is 3.89. The molecule has 1 atom stereocenters. The number of thiophene rings is 1. The number of H-pyrrole nitrogens is 1. The van der Waals surface area contributed by atoms with Crippen LogP contribution in [-0.2, 0) is 0 Å². The summed E-state index contributed by atoms with van der Waals surface area (Å²) >= 11 is 1.62. The summed E-state index contributed by atoms with van der Waals surface area (Å²) in [5.41, 5.74) is 5.83. The molecule has 0 aromatic carbocycles. The van der Waals surface area contributed by atoms with Crippen LogP contribution in [0.3, 0.4) is 0 Å². The van der Waals surface area contributed by atoms with E-state index in [4.69, 9.17) is 5.73 Å². The third kappa shape index (κ3) is 1.69. The number of nitrogens with two attached hydrogens (primary N) is 1. The second-order valence-electron chi connectivity index (χ2n) is 3.04. The van der Waals surface area contributed by atoms with Crippen LogP contribution in [0, 0.1) is 0 Å². The molecule has 0 unspecified atom stereocenters. The SMILES string of the molecule is CC[C@H](N)c1nc(-c2cccs2)n[nH]1. The number of hydrogen-bond donors (Lipinski definition) is 2. The Morgan fingerprint density at radius 3 is 3.14 bits per heavy atom. The van der Waals surface area contributed by atoms with Crippen molar-refractivity contribution in [1.82, 2.24) is 15.2 Å². The lowest BCUT2D eigenvalue weighted by Gasteiger charge is -2.01. The van der Waals surface area contributed by atoms with E-state index in [1.807, 2.05) is 24.4 Å². The molecule has 14 heavy (non-hydrogen) atoms. The maximum Gasteiger partial charge on any atom is 0.191 e. The van der Waals surface area contributed by atoms with E-state index in [2.05, 4.69) is 15.2 Å². The molecule has 2 rings (SSSR count). The van der Waals surface area contributed by atoms with E-state index in [9.17, 15) is 0 Å². The van der Waals surface area contributed by atoms with E-state index < -0.39 is 0 Å². The summed E-state index contributed by atoms with van der Waals surface area (Å²) in [6, 6.07) is 3.93. The van der Waals surface area contributed by atoms with E-state index in [0.29, 0.717) is 0 Å². The highest BCUT2D eigenvalue weighted by atomic mass is 32.1. The van der Waals surface area contributed by atoms with E-state index >= 15 is 0 Å². The predicted molar refractivity (Wildman–Crippen MR) is 56.9 cm³/mol. The highest BCUT2D eigenvalue weighted by Crippen LogP contribution is 2.21. The van der Waals surface area contributed by atoms with Gasteiger partial charge in [-0.15, -0.1) is 11.3 Å². The zero-order valence-electron chi connectivity index (χ0n) is 7.90. The van der Waals surface area contributed by atoms with Crippen molar-refractivity contribution in [1.29, 1.82) is 0 Å². The van der Waals surface area contributed by atoms with Gasteiger partial charge in [-0.3, -0.25) is 5.10 Å². The Balaban J connectivity index is 2.26. The topological polar surface area (TPSA) is 67.6 Å². The first-order valence-corrected chi connectivity index (χ1v) is 5.41.